The van der Waals surface area contributed by atoms with Gasteiger partial charge in [-0.2, -0.15) is 0 Å². The van der Waals surface area contributed by atoms with Gasteiger partial charge in [-0.15, -0.1) is 0 Å². The van der Waals surface area contributed by atoms with Crippen LogP contribution in [0.3, 0.4) is 0 Å². The standard InChI is InChI=1S/C14H16BrN3O2/c1-19-11-3-4-13(20-2)12(6-11)14(18-16)9-5-10(15)8-17-7-9/h3-8,14,18H,16H2,1-2H3. The summed E-state index contributed by atoms with van der Waals surface area (Å²) < 4.78 is 11.5. The summed E-state index contributed by atoms with van der Waals surface area (Å²) in [5.74, 6) is 7.18. The Kier molecular flexibility index (Phi) is 4.94. The van der Waals surface area contributed by atoms with Gasteiger partial charge in [0.1, 0.15) is 11.5 Å². The molecular formula is C14H16BrN3O2. The first-order valence-corrected chi connectivity index (χ1v) is 6.77. The summed E-state index contributed by atoms with van der Waals surface area (Å²) in [6, 6.07) is 7.30. The van der Waals surface area contributed by atoms with Gasteiger partial charge in [0.2, 0.25) is 0 Å². The maximum absolute atomic E-state index is 5.71. The molecule has 6 heteroatoms. The van der Waals surface area contributed by atoms with Gasteiger partial charge in [0.05, 0.1) is 20.3 Å². The Morgan fingerprint density at radius 1 is 1.20 bits per heavy atom. The molecule has 1 aromatic carbocycles. The number of aromatic nitrogens is 1. The Bertz CT molecular complexity index is 592. The van der Waals surface area contributed by atoms with Crippen molar-refractivity contribution in [2.45, 2.75) is 6.04 Å². The largest absolute Gasteiger partial charge is 0.497 e. The van der Waals surface area contributed by atoms with Crippen LogP contribution in [-0.4, -0.2) is 19.2 Å². The van der Waals surface area contributed by atoms with Crippen LogP contribution in [0.15, 0.2) is 41.1 Å². The zero-order chi connectivity index (χ0) is 14.5. The molecule has 0 radical (unpaired) electrons. The van der Waals surface area contributed by atoms with Crippen molar-refractivity contribution >= 4 is 15.9 Å². The van der Waals surface area contributed by atoms with Gasteiger partial charge in [0, 0.05) is 22.4 Å². The summed E-state index contributed by atoms with van der Waals surface area (Å²) in [5, 5.41) is 0. The highest BCUT2D eigenvalue weighted by atomic mass is 79.9. The van der Waals surface area contributed by atoms with E-state index in [0.29, 0.717) is 0 Å². The normalized spacial score (nSPS) is 12.0. The fraction of sp³-hybridized carbons (Fsp3) is 0.214. The van der Waals surface area contributed by atoms with E-state index >= 15 is 0 Å². The van der Waals surface area contributed by atoms with Crippen molar-refractivity contribution in [1.29, 1.82) is 0 Å². The molecule has 1 aromatic heterocycles. The molecule has 1 atom stereocenters. The molecule has 0 saturated carbocycles. The lowest BCUT2D eigenvalue weighted by molar-refractivity contribution is 0.394. The number of benzene rings is 1. The van der Waals surface area contributed by atoms with Crippen LogP contribution in [0.5, 0.6) is 11.5 Å². The van der Waals surface area contributed by atoms with Crippen LogP contribution in [0.2, 0.25) is 0 Å². The molecule has 3 N–H and O–H groups in total. The average molecular weight is 338 g/mol. The van der Waals surface area contributed by atoms with Crippen molar-refractivity contribution in [3.8, 4) is 11.5 Å². The molecule has 106 valence electrons. The zero-order valence-electron chi connectivity index (χ0n) is 11.3. The summed E-state index contributed by atoms with van der Waals surface area (Å²) in [5.41, 5.74) is 4.60. The minimum Gasteiger partial charge on any atom is -0.497 e. The van der Waals surface area contributed by atoms with E-state index in [-0.39, 0.29) is 6.04 Å². The van der Waals surface area contributed by atoms with Gasteiger partial charge in [-0.1, -0.05) is 0 Å². The van der Waals surface area contributed by atoms with Crippen molar-refractivity contribution in [2.24, 2.45) is 5.84 Å². The van der Waals surface area contributed by atoms with E-state index in [1.807, 2.05) is 24.3 Å². The molecular weight excluding hydrogens is 322 g/mol. The fourth-order valence-electron chi connectivity index (χ4n) is 2.02. The average Bonchev–Trinajstić information content (AvgIpc) is 2.48. The first-order valence-electron chi connectivity index (χ1n) is 5.98. The second kappa shape index (κ2) is 6.69. The molecule has 0 amide bonds. The van der Waals surface area contributed by atoms with Gasteiger partial charge in [0.25, 0.3) is 0 Å². The molecule has 0 saturated heterocycles. The topological polar surface area (TPSA) is 69.4 Å². The third kappa shape index (κ3) is 3.09. The van der Waals surface area contributed by atoms with Crippen LogP contribution in [0.1, 0.15) is 17.2 Å². The monoisotopic (exact) mass is 337 g/mol. The third-order valence-electron chi connectivity index (χ3n) is 2.97. The number of nitrogens with two attached hydrogens (primary N) is 1. The van der Waals surface area contributed by atoms with Gasteiger partial charge < -0.3 is 9.47 Å². The lowest BCUT2D eigenvalue weighted by Gasteiger charge is -2.20. The molecule has 1 heterocycles. The molecule has 0 aliphatic rings. The maximum Gasteiger partial charge on any atom is 0.124 e. The van der Waals surface area contributed by atoms with Crippen LogP contribution in [0.25, 0.3) is 0 Å². The van der Waals surface area contributed by atoms with Crippen molar-refractivity contribution < 1.29 is 9.47 Å². The minimum atomic E-state index is -0.245. The van der Waals surface area contributed by atoms with E-state index in [0.717, 1.165) is 27.1 Å². The lowest BCUT2D eigenvalue weighted by Crippen LogP contribution is -2.29. The smallest absolute Gasteiger partial charge is 0.124 e. The Morgan fingerprint density at radius 3 is 2.60 bits per heavy atom. The first-order chi connectivity index (χ1) is 9.69. The number of nitrogens with zero attached hydrogens (tertiary/aromatic N) is 1. The summed E-state index contributed by atoms with van der Waals surface area (Å²) in [7, 11) is 3.25. The number of halogens is 1. The number of nitrogens with one attached hydrogen (secondary N) is 1. The number of hydrogen-bond donors (Lipinski definition) is 2. The van der Waals surface area contributed by atoms with Gasteiger partial charge in [-0.3, -0.25) is 10.8 Å². The van der Waals surface area contributed by atoms with Crippen LogP contribution in [0.4, 0.5) is 0 Å². The maximum atomic E-state index is 5.71. The number of ether oxygens (including phenoxy) is 2. The molecule has 0 spiro atoms. The van der Waals surface area contributed by atoms with Gasteiger partial charge in [-0.25, -0.2) is 5.43 Å². The highest BCUT2D eigenvalue weighted by Crippen LogP contribution is 2.33. The van der Waals surface area contributed by atoms with Crippen LogP contribution in [0, 0.1) is 0 Å². The van der Waals surface area contributed by atoms with Crippen molar-refractivity contribution in [3.05, 3.63) is 52.3 Å². The second-order valence-corrected chi connectivity index (χ2v) is 5.06. The Labute approximate surface area is 126 Å². The third-order valence-corrected chi connectivity index (χ3v) is 3.41. The van der Waals surface area contributed by atoms with E-state index in [2.05, 4.69) is 26.3 Å². The van der Waals surface area contributed by atoms with E-state index in [4.69, 9.17) is 15.3 Å². The highest BCUT2D eigenvalue weighted by molar-refractivity contribution is 9.10. The van der Waals surface area contributed by atoms with E-state index in [9.17, 15) is 0 Å². The summed E-state index contributed by atoms with van der Waals surface area (Å²) in [6.45, 7) is 0. The van der Waals surface area contributed by atoms with Crippen LogP contribution >= 0.6 is 15.9 Å². The molecule has 0 aliphatic carbocycles. The van der Waals surface area contributed by atoms with Gasteiger partial charge >= 0.3 is 0 Å². The van der Waals surface area contributed by atoms with Crippen LogP contribution < -0.4 is 20.7 Å². The fourth-order valence-corrected chi connectivity index (χ4v) is 2.40. The molecule has 5 nitrogen and oxygen atoms in total. The molecule has 2 rings (SSSR count). The quantitative estimate of drug-likeness (QED) is 0.647. The van der Waals surface area contributed by atoms with E-state index in [1.165, 1.54) is 0 Å². The minimum absolute atomic E-state index is 0.245. The summed E-state index contributed by atoms with van der Waals surface area (Å²) in [4.78, 5) is 4.16. The Balaban J connectivity index is 2.50. The number of hydrogen-bond acceptors (Lipinski definition) is 5. The SMILES string of the molecule is COc1ccc(OC)c(C(NN)c2cncc(Br)c2)c1. The number of rotatable bonds is 5. The Morgan fingerprint density at radius 2 is 2.00 bits per heavy atom. The second-order valence-electron chi connectivity index (χ2n) is 4.14. The molecule has 2 aromatic rings. The molecule has 1 unspecified atom stereocenters. The molecule has 0 fully saturated rings. The number of hydrazine groups is 1. The summed E-state index contributed by atoms with van der Waals surface area (Å²) >= 11 is 3.41. The van der Waals surface area contributed by atoms with E-state index < -0.39 is 0 Å². The van der Waals surface area contributed by atoms with Crippen molar-refractivity contribution in [3.63, 3.8) is 0 Å². The number of pyridine rings is 1. The van der Waals surface area contributed by atoms with Gasteiger partial charge in [-0.05, 0) is 45.8 Å². The number of methoxy groups -OCH3 is 2. The lowest BCUT2D eigenvalue weighted by atomic mass is 9.99. The molecule has 0 aliphatic heterocycles. The van der Waals surface area contributed by atoms with Crippen LogP contribution in [-0.2, 0) is 0 Å². The van der Waals surface area contributed by atoms with Crippen molar-refractivity contribution in [2.75, 3.05) is 14.2 Å². The molecule has 0 bridgehead atoms. The Hall–Kier alpha value is -1.63. The highest BCUT2D eigenvalue weighted by Gasteiger charge is 2.18. The first kappa shape index (κ1) is 14.8. The zero-order valence-corrected chi connectivity index (χ0v) is 12.8. The summed E-state index contributed by atoms with van der Waals surface area (Å²) in [6.07, 6.45) is 3.48. The predicted octanol–water partition coefficient (Wildman–Crippen LogP) is 2.41. The van der Waals surface area contributed by atoms with E-state index in [1.54, 1.807) is 26.6 Å². The van der Waals surface area contributed by atoms with Crippen molar-refractivity contribution in [1.82, 2.24) is 10.4 Å². The predicted molar refractivity (Wildman–Crippen MR) is 80.6 cm³/mol. The van der Waals surface area contributed by atoms with Gasteiger partial charge in [0.15, 0.2) is 0 Å². The molecule has 20 heavy (non-hydrogen) atoms.